The lowest BCUT2D eigenvalue weighted by Gasteiger charge is -2.01. The van der Waals surface area contributed by atoms with Crippen LogP contribution in [0.15, 0.2) is 33.1 Å². The highest BCUT2D eigenvalue weighted by molar-refractivity contribution is 8.00. The van der Waals surface area contributed by atoms with Crippen molar-refractivity contribution in [3.8, 4) is 0 Å². The molecule has 0 spiro atoms. The van der Waals surface area contributed by atoms with Gasteiger partial charge in [0, 0.05) is 6.54 Å². The minimum absolute atomic E-state index is 0.241. The van der Waals surface area contributed by atoms with Crippen LogP contribution in [0.3, 0.4) is 0 Å². The normalized spacial score (nSPS) is 10.8. The summed E-state index contributed by atoms with van der Waals surface area (Å²) in [6.07, 6.45) is 0. The SMILES string of the molecule is Cc1noc(CSc2nnc(NCc3ccc(F)cc3)s2)n1. The molecule has 1 aromatic carbocycles. The van der Waals surface area contributed by atoms with Crippen LogP contribution >= 0.6 is 23.1 Å². The second-order valence-corrected chi connectivity index (χ2v) is 6.58. The Morgan fingerprint density at radius 2 is 2.09 bits per heavy atom. The standard InChI is InChI=1S/C13H12FN5OS2/c1-8-16-11(20-19-8)7-21-13-18-17-12(22-13)15-6-9-2-4-10(14)5-3-9/h2-5H,6-7H2,1H3,(H,15,17). The van der Waals surface area contributed by atoms with E-state index in [0.29, 0.717) is 29.1 Å². The first-order chi connectivity index (χ1) is 10.7. The van der Waals surface area contributed by atoms with E-state index in [2.05, 4.69) is 25.7 Å². The number of halogens is 1. The van der Waals surface area contributed by atoms with Gasteiger partial charge in [0.25, 0.3) is 0 Å². The van der Waals surface area contributed by atoms with Gasteiger partial charge in [-0.25, -0.2) is 4.39 Å². The largest absolute Gasteiger partial charge is 0.356 e. The number of benzene rings is 1. The van der Waals surface area contributed by atoms with E-state index in [4.69, 9.17) is 4.52 Å². The van der Waals surface area contributed by atoms with Crippen LogP contribution < -0.4 is 5.32 Å². The number of nitrogens with zero attached hydrogens (tertiary/aromatic N) is 4. The van der Waals surface area contributed by atoms with Gasteiger partial charge in [-0.05, 0) is 24.6 Å². The summed E-state index contributed by atoms with van der Waals surface area (Å²) < 4.78 is 18.7. The van der Waals surface area contributed by atoms with E-state index in [9.17, 15) is 4.39 Å². The lowest BCUT2D eigenvalue weighted by atomic mass is 10.2. The van der Waals surface area contributed by atoms with Crippen LogP contribution in [-0.2, 0) is 12.3 Å². The lowest BCUT2D eigenvalue weighted by molar-refractivity contribution is 0.387. The highest BCUT2D eigenvalue weighted by atomic mass is 32.2. The molecule has 0 radical (unpaired) electrons. The molecular formula is C13H12FN5OS2. The Bertz CT molecular complexity index is 743. The van der Waals surface area contributed by atoms with Crippen LogP contribution in [0.25, 0.3) is 0 Å². The average molecular weight is 337 g/mol. The van der Waals surface area contributed by atoms with Crippen LogP contribution in [0.2, 0.25) is 0 Å². The fraction of sp³-hybridized carbons (Fsp3) is 0.231. The van der Waals surface area contributed by atoms with Crippen LogP contribution in [0.5, 0.6) is 0 Å². The van der Waals surface area contributed by atoms with Crippen molar-refractivity contribution >= 4 is 28.2 Å². The number of hydrogen-bond donors (Lipinski definition) is 1. The molecule has 3 aromatic rings. The summed E-state index contributed by atoms with van der Waals surface area (Å²) >= 11 is 2.94. The Labute approximate surface area is 134 Å². The predicted molar refractivity (Wildman–Crippen MR) is 82.2 cm³/mol. The predicted octanol–water partition coefficient (Wildman–Crippen LogP) is 3.27. The van der Waals surface area contributed by atoms with Crippen molar-refractivity contribution in [2.75, 3.05) is 5.32 Å². The van der Waals surface area contributed by atoms with E-state index >= 15 is 0 Å². The molecule has 0 saturated carbocycles. The Balaban J connectivity index is 1.51. The molecule has 0 aliphatic rings. The molecule has 2 aromatic heterocycles. The zero-order valence-corrected chi connectivity index (χ0v) is 13.2. The van der Waals surface area contributed by atoms with Gasteiger partial charge in [-0.1, -0.05) is 40.4 Å². The molecule has 0 aliphatic carbocycles. The lowest BCUT2D eigenvalue weighted by Crippen LogP contribution is -1.98. The first-order valence-electron chi connectivity index (χ1n) is 6.43. The summed E-state index contributed by atoms with van der Waals surface area (Å²) in [4.78, 5) is 4.13. The second kappa shape index (κ2) is 6.84. The monoisotopic (exact) mass is 337 g/mol. The van der Waals surface area contributed by atoms with E-state index in [-0.39, 0.29) is 5.82 Å². The van der Waals surface area contributed by atoms with Crippen molar-refractivity contribution in [1.82, 2.24) is 20.3 Å². The van der Waals surface area contributed by atoms with Crippen LogP contribution in [0.4, 0.5) is 9.52 Å². The zero-order chi connectivity index (χ0) is 15.4. The molecule has 114 valence electrons. The van der Waals surface area contributed by atoms with Crippen LogP contribution in [-0.4, -0.2) is 20.3 Å². The van der Waals surface area contributed by atoms with E-state index in [0.717, 1.165) is 9.90 Å². The fourth-order valence-electron chi connectivity index (χ4n) is 1.64. The fourth-order valence-corrected chi connectivity index (χ4v) is 3.23. The molecule has 0 fully saturated rings. The van der Waals surface area contributed by atoms with Crippen LogP contribution in [0.1, 0.15) is 17.3 Å². The smallest absolute Gasteiger partial charge is 0.237 e. The third-order valence-electron chi connectivity index (χ3n) is 2.65. The second-order valence-electron chi connectivity index (χ2n) is 4.38. The Kier molecular flexibility index (Phi) is 4.64. The third kappa shape index (κ3) is 4.01. The number of hydrogen-bond acceptors (Lipinski definition) is 8. The average Bonchev–Trinajstić information content (AvgIpc) is 3.13. The maximum atomic E-state index is 12.8. The molecule has 0 amide bonds. The minimum atomic E-state index is -0.241. The van der Waals surface area contributed by atoms with Gasteiger partial charge < -0.3 is 9.84 Å². The molecule has 9 heteroatoms. The molecule has 3 rings (SSSR count). The molecule has 0 unspecified atom stereocenters. The van der Waals surface area contributed by atoms with Gasteiger partial charge in [-0.15, -0.1) is 10.2 Å². The molecule has 2 heterocycles. The topological polar surface area (TPSA) is 76.7 Å². The highest BCUT2D eigenvalue weighted by Crippen LogP contribution is 2.28. The third-order valence-corrected chi connectivity index (χ3v) is 4.65. The van der Waals surface area contributed by atoms with Gasteiger partial charge in [-0.3, -0.25) is 0 Å². The van der Waals surface area contributed by atoms with E-state index in [1.807, 2.05) is 0 Å². The van der Waals surface area contributed by atoms with Crippen molar-refractivity contribution in [2.45, 2.75) is 23.6 Å². The molecule has 0 aliphatic heterocycles. The van der Waals surface area contributed by atoms with Gasteiger partial charge in [0.05, 0.1) is 5.75 Å². The van der Waals surface area contributed by atoms with Gasteiger partial charge >= 0.3 is 0 Å². The summed E-state index contributed by atoms with van der Waals surface area (Å²) in [5, 5.41) is 15.8. The zero-order valence-electron chi connectivity index (χ0n) is 11.6. The maximum absolute atomic E-state index is 12.8. The number of anilines is 1. The quantitative estimate of drug-likeness (QED) is 0.692. The van der Waals surface area contributed by atoms with Crippen molar-refractivity contribution in [2.24, 2.45) is 0 Å². The number of nitrogens with one attached hydrogen (secondary N) is 1. The highest BCUT2D eigenvalue weighted by Gasteiger charge is 2.08. The summed E-state index contributed by atoms with van der Waals surface area (Å²) in [6, 6.07) is 6.34. The summed E-state index contributed by atoms with van der Waals surface area (Å²) in [5.74, 6) is 1.51. The molecule has 22 heavy (non-hydrogen) atoms. The molecule has 6 nitrogen and oxygen atoms in total. The molecular weight excluding hydrogens is 325 g/mol. The van der Waals surface area contributed by atoms with E-state index < -0.39 is 0 Å². The van der Waals surface area contributed by atoms with Crippen LogP contribution in [0, 0.1) is 12.7 Å². The van der Waals surface area contributed by atoms with Gasteiger partial charge in [-0.2, -0.15) is 4.98 Å². The summed E-state index contributed by atoms with van der Waals surface area (Å²) in [7, 11) is 0. The van der Waals surface area contributed by atoms with Crippen molar-refractivity contribution in [1.29, 1.82) is 0 Å². The van der Waals surface area contributed by atoms with Crippen molar-refractivity contribution < 1.29 is 8.91 Å². The molecule has 0 saturated heterocycles. The minimum Gasteiger partial charge on any atom is -0.356 e. The first kappa shape index (κ1) is 14.9. The van der Waals surface area contributed by atoms with Gasteiger partial charge in [0.2, 0.25) is 11.0 Å². The Hall–Kier alpha value is -2.00. The number of aryl methyl sites for hydroxylation is 1. The van der Waals surface area contributed by atoms with Gasteiger partial charge in [0.1, 0.15) is 5.82 Å². The van der Waals surface area contributed by atoms with Crippen molar-refractivity contribution in [3.63, 3.8) is 0 Å². The number of aromatic nitrogens is 4. The first-order valence-corrected chi connectivity index (χ1v) is 8.23. The number of rotatable bonds is 6. The summed E-state index contributed by atoms with van der Waals surface area (Å²) in [6.45, 7) is 2.35. The van der Waals surface area contributed by atoms with Gasteiger partial charge in [0.15, 0.2) is 10.2 Å². The molecule has 0 bridgehead atoms. The van der Waals surface area contributed by atoms with E-state index in [1.165, 1.54) is 35.2 Å². The Morgan fingerprint density at radius 3 is 2.82 bits per heavy atom. The summed E-state index contributed by atoms with van der Waals surface area (Å²) in [5.41, 5.74) is 0.979. The number of thioether (sulfide) groups is 1. The Morgan fingerprint density at radius 1 is 1.27 bits per heavy atom. The van der Waals surface area contributed by atoms with E-state index in [1.54, 1.807) is 19.1 Å². The molecule has 0 atom stereocenters. The maximum Gasteiger partial charge on any atom is 0.237 e. The molecule has 1 N–H and O–H groups in total. The van der Waals surface area contributed by atoms with Crippen molar-refractivity contribution in [3.05, 3.63) is 47.4 Å².